The van der Waals surface area contributed by atoms with Crippen molar-refractivity contribution in [3.05, 3.63) is 70.1 Å². The normalized spacial score (nSPS) is 17.2. The van der Waals surface area contributed by atoms with Crippen molar-refractivity contribution >= 4 is 26.9 Å². The predicted molar refractivity (Wildman–Crippen MR) is 120 cm³/mol. The van der Waals surface area contributed by atoms with Crippen molar-refractivity contribution in [3.63, 3.8) is 0 Å². The van der Waals surface area contributed by atoms with Crippen LogP contribution in [-0.2, 0) is 22.1 Å². The minimum Gasteiger partial charge on any atom is -0.369 e. The van der Waals surface area contributed by atoms with Crippen LogP contribution in [0, 0.1) is 12.7 Å². The van der Waals surface area contributed by atoms with Crippen molar-refractivity contribution < 1.29 is 12.8 Å². The third-order valence-electron chi connectivity index (χ3n) is 5.67. The molecule has 31 heavy (non-hydrogen) atoms. The molecule has 1 aromatic carbocycles. The quantitative estimate of drug-likeness (QED) is 0.536. The van der Waals surface area contributed by atoms with Crippen LogP contribution in [-0.4, -0.2) is 49.5 Å². The van der Waals surface area contributed by atoms with Crippen LogP contribution in [0.25, 0.3) is 0 Å². The Balaban J connectivity index is 1.43. The summed E-state index contributed by atoms with van der Waals surface area (Å²) in [4.78, 5) is 12.8. The first-order valence-corrected chi connectivity index (χ1v) is 12.7. The highest BCUT2D eigenvalue weighted by Crippen LogP contribution is 2.27. The number of likely N-dealkylation sites (N-methyl/N-ethyl adjacent to an activating group) is 1. The maximum Gasteiger partial charge on any atom is 0.201 e. The van der Waals surface area contributed by atoms with Gasteiger partial charge in [-0.2, -0.15) is 0 Å². The third-order valence-corrected chi connectivity index (χ3v) is 7.84. The van der Waals surface area contributed by atoms with Crippen LogP contribution in [0.1, 0.15) is 23.2 Å². The summed E-state index contributed by atoms with van der Waals surface area (Å²) in [6.45, 7) is 4.41. The van der Waals surface area contributed by atoms with Crippen LogP contribution < -0.4 is 4.90 Å². The van der Waals surface area contributed by atoms with Gasteiger partial charge in [-0.1, -0.05) is 12.1 Å². The van der Waals surface area contributed by atoms with Crippen LogP contribution in [0.15, 0.2) is 52.4 Å². The Bertz CT molecular complexity index is 1150. The van der Waals surface area contributed by atoms with Gasteiger partial charge in [0.2, 0.25) is 9.84 Å². The monoisotopic (exact) mass is 460 g/mol. The van der Waals surface area contributed by atoms with Crippen molar-refractivity contribution in [1.82, 2.24) is 14.9 Å². The van der Waals surface area contributed by atoms with E-state index in [0.29, 0.717) is 12.2 Å². The summed E-state index contributed by atoms with van der Waals surface area (Å²) >= 11 is 1.38. The van der Waals surface area contributed by atoms with E-state index in [0.717, 1.165) is 36.3 Å². The molecule has 4 rings (SSSR count). The number of nitrogens with zero attached hydrogens (tertiary/aromatic N) is 4. The van der Waals surface area contributed by atoms with E-state index in [2.05, 4.69) is 19.8 Å². The molecule has 0 amide bonds. The van der Waals surface area contributed by atoms with Gasteiger partial charge in [-0.15, -0.1) is 11.3 Å². The van der Waals surface area contributed by atoms with E-state index in [1.165, 1.54) is 17.4 Å². The molecule has 0 bridgehead atoms. The fraction of sp³-hybridized carbons (Fsp3) is 0.364. The molecule has 1 fully saturated rings. The number of aromatic nitrogens is 2. The zero-order valence-electron chi connectivity index (χ0n) is 17.5. The predicted octanol–water partition coefficient (Wildman–Crippen LogP) is 3.67. The highest BCUT2D eigenvalue weighted by Gasteiger charge is 2.27. The Morgan fingerprint density at radius 3 is 2.84 bits per heavy atom. The lowest BCUT2D eigenvalue weighted by atomic mass is 10.1. The number of hydrogen-bond donors (Lipinski definition) is 0. The summed E-state index contributed by atoms with van der Waals surface area (Å²) < 4.78 is 38.8. The van der Waals surface area contributed by atoms with Crippen LogP contribution >= 0.6 is 11.3 Å². The SMILES string of the molecule is Cc1cc(S(=O)(=O)Cc2cscn2)ncc1N(C)[C@H]1CCN(Cc2cccc(F)c2)C1. The molecule has 9 heteroatoms. The first-order valence-electron chi connectivity index (χ1n) is 10.1. The van der Waals surface area contributed by atoms with E-state index < -0.39 is 9.84 Å². The third kappa shape index (κ3) is 5.11. The van der Waals surface area contributed by atoms with E-state index in [-0.39, 0.29) is 22.6 Å². The fourth-order valence-corrected chi connectivity index (χ4v) is 5.93. The summed E-state index contributed by atoms with van der Waals surface area (Å²) in [5, 5.41) is 1.82. The Labute approximate surface area is 186 Å². The second kappa shape index (κ2) is 9.02. The Morgan fingerprint density at radius 2 is 2.13 bits per heavy atom. The minimum atomic E-state index is -3.54. The fourth-order valence-electron chi connectivity index (χ4n) is 4.00. The molecule has 3 heterocycles. The van der Waals surface area contributed by atoms with Crippen molar-refractivity contribution in [2.24, 2.45) is 0 Å². The largest absolute Gasteiger partial charge is 0.369 e. The molecule has 0 N–H and O–H groups in total. The number of thiazole rings is 1. The van der Waals surface area contributed by atoms with E-state index in [1.807, 2.05) is 20.0 Å². The topological polar surface area (TPSA) is 66.4 Å². The molecular weight excluding hydrogens is 435 g/mol. The number of anilines is 1. The van der Waals surface area contributed by atoms with E-state index in [9.17, 15) is 12.8 Å². The molecule has 1 atom stereocenters. The minimum absolute atomic E-state index is 0.0781. The standard InChI is InChI=1S/C22H25FN4O2S2/c1-16-8-22(31(28,29)14-19-13-30-15-25-19)24-10-21(16)26(2)20-6-7-27(12-20)11-17-4-3-5-18(23)9-17/h3-5,8-10,13,15,20H,6-7,11-12,14H2,1-2H3/t20-/m0/s1. The lowest BCUT2D eigenvalue weighted by molar-refractivity contribution is 0.325. The van der Waals surface area contributed by atoms with Crippen LogP contribution in [0.3, 0.4) is 0 Å². The van der Waals surface area contributed by atoms with Gasteiger partial charge in [0.05, 0.1) is 28.8 Å². The van der Waals surface area contributed by atoms with E-state index in [1.54, 1.807) is 35.3 Å². The lowest BCUT2D eigenvalue weighted by Gasteiger charge is -2.28. The van der Waals surface area contributed by atoms with Gasteiger partial charge in [-0.25, -0.2) is 22.8 Å². The first kappa shape index (κ1) is 21.9. The zero-order valence-corrected chi connectivity index (χ0v) is 19.2. The molecule has 1 aliphatic heterocycles. The summed E-state index contributed by atoms with van der Waals surface area (Å²) in [6.07, 6.45) is 2.63. The molecule has 3 aromatic rings. The molecular formula is C22H25FN4O2S2. The van der Waals surface area contributed by atoms with E-state index in [4.69, 9.17) is 0 Å². The van der Waals surface area contributed by atoms with Crippen molar-refractivity contribution in [1.29, 1.82) is 0 Å². The molecule has 164 valence electrons. The van der Waals surface area contributed by atoms with Crippen molar-refractivity contribution in [3.8, 4) is 0 Å². The van der Waals surface area contributed by atoms with Gasteiger partial charge >= 0.3 is 0 Å². The molecule has 0 aliphatic carbocycles. The molecule has 0 radical (unpaired) electrons. The second-order valence-electron chi connectivity index (χ2n) is 7.97. The van der Waals surface area contributed by atoms with Gasteiger partial charge in [0.15, 0.2) is 5.03 Å². The number of rotatable bonds is 7. The van der Waals surface area contributed by atoms with E-state index >= 15 is 0 Å². The van der Waals surface area contributed by atoms with Gasteiger partial charge in [0, 0.05) is 38.1 Å². The summed E-state index contributed by atoms with van der Waals surface area (Å²) in [6, 6.07) is 8.65. The molecule has 6 nitrogen and oxygen atoms in total. The maximum atomic E-state index is 13.5. The summed E-state index contributed by atoms with van der Waals surface area (Å²) in [5.74, 6) is -0.354. The van der Waals surface area contributed by atoms with Gasteiger partial charge in [-0.3, -0.25) is 4.90 Å². The molecule has 1 saturated heterocycles. The highest BCUT2D eigenvalue weighted by molar-refractivity contribution is 7.90. The first-order chi connectivity index (χ1) is 14.8. The Morgan fingerprint density at radius 1 is 1.29 bits per heavy atom. The Kier molecular flexibility index (Phi) is 6.36. The van der Waals surface area contributed by atoms with Gasteiger partial charge < -0.3 is 4.90 Å². The summed E-state index contributed by atoms with van der Waals surface area (Å²) in [5.41, 5.74) is 4.93. The zero-order chi connectivity index (χ0) is 22.0. The smallest absolute Gasteiger partial charge is 0.201 e. The second-order valence-corrected chi connectivity index (χ2v) is 10.6. The average molecular weight is 461 g/mol. The van der Waals surface area contributed by atoms with Gasteiger partial charge in [0.25, 0.3) is 0 Å². The molecule has 1 aliphatic rings. The number of hydrogen-bond acceptors (Lipinski definition) is 7. The number of sulfone groups is 1. The Hall–Kier alpha value is -2.36. The van der Waals surface area contributed by atoms with Crippen molar-refractivity contribution in [2.45, 2.75) is 36.7 Å². The number of likely N-dealkylation sites (tertiary alicyclic amines) is 1. The highest BCUT2D eigenvalue weighted by atomic mass is 32.2. The number of halogens is 1. The van der Waals surface area contributed by atoms with Gasteiger partial charge in [-0.05, 0) is 42.7 Å². The number of aryl methyl sites for hydroxylation is 1. The lowest BCUT2D eigenvalue weighted by Crippen LogP contribution is -2.35. The molecule has 0 spiro atoms. The van der Waals surface area contributed by atoms with Crippen molar-refractivity contribution in [2.75, 3.05) is 25.0 Å². The van der Waals surface area contributed by atoms with Crippen LogP contribution in [0.2, 0.25) is 0 Å². The number of pyridine rings is 1. The average Bonchev–Trinajstić information content (AvgIpc) is 3.39. The molecule has 0 saturated carbocycles. The van der Waals surface area contributed by atoms with Gasteiger partial charge in [0.1, 0.15) is 5.82 Å². The maximum absolute atomic E-state index is 13.5. The van der Waals surface area contributed by atoms with Crippen LogP contribution in [0.5, 0.6) is 0 Å². The molecule has 0 unspecified atom stereocenters. The summed E-state index contributed by atoms with van der Waals surface area (Å²) in [7, 11) is -1.52. The van der Waals surface area contributed by atoms with Crippen LogP contribution in [0.4, 0.5) is 10.1 Å². The number of benzene rings is 1. The molecule has 2 aromatic heterocycles.